The van der Waals surface area contributed by atoms with Crippen LogP contribution in [0.3, 0.4) is 0 Å². The van der Waals surface area contributed by atoms with E-state index >= 15 is 0 Å². The van der Waals surface area contributed by atoms with E-state index < -0.39 is 0 Å². The van der Waals surface area contributed by atoms with E-state index in [1.54, 1.807) is 0 Å². The number of piperidine rings is 1. The second kappa shape index (κ2) is 4.49. The summed E-state index contributed by atoms with van der Waals surface area (Å²) < 4.78 is 0. The molecule has 1 aromatic rings. The Morgan fingerprint density at radius 3 is 2.88 bits per heavy atom. The summed E-state index contributed by atoms with van der Waals surface area (Å²) in [5.74, 6) is 0.296. The van der Waals surface area contributed by atoms with E-state index in [1.807, 2.05) is 18.2 Å². The number of piperazine rings is 1. The lowest BCUT2D eigenvalue weighted by Crippen LogP contribution is -2.58. The van der Waals surface area contributed by atoms with Crippen molar-refractivity contribution in [3.8, 4) is 0 Å². The SMILES string of the molecule is O=C1CN2CCCC(C2)N1Cc1ccccc1. The zero-order valence-electron chi connectivity index (χ0n) is 10.0. The monoisotopic (exact) mass is 230 g/mol. The van der Waals surface area contributed by atoms with Crippen molar-refractivity contribution < 1.29 is 4.79 Å². The molecular formula is C14H18N2O. The minimum atomic E-state index is 0.296. The second-order valence-electron chi connectivity index (χ2n) is 5.04. The molecule has 90 valence electrons. The number of carbonyl (C=O) groups is 1. The fourth-order valence-electron chi connectivity index (χ4n) is 2.91. The van der Waals surface area contributed by atoms with Gasteiger partial charge >= 0.3 is 0 Å². The molecule has 17 heavy (non-hydrogen) atoms. The van der Waals surface area contributed by atoms with Crippen molar-refractivity contribution in [3.05, 3.63) is 35.9 Å². The highest BCUT2D eigenvalue weighted by atomic mass is 16.2. The predicted octanol–water partition coefficient (Wildman–Crippen LogP) is 1.49. The molecule has 2 unspecified atom stereocenters. The van der Waals surface area contributed by atoms with Gasteiger partial charge in [0.1, 0.15) is 0 Å². The Bertz CT molecular complexity index is 404. The van der Waals surface area contributed by atoms with Crippen LogP contribution in [0.4, 0.5) is 0 Å². The van der Waals surface area contributed by atoms with E-state index in [1.165, 1.54) is 12.0 Å². The summed E-state index contributed by atoms with van der Waals surface area (Å²) in [6, 6.07) is 10.7. The average molecular weight is 230 g/mol. The van der Waals surface area contributed by atoms with Crippen molar-refractivity contribution in [2.24, 2.45) is 0 Å². The Labute approximate surface area is 102 Å². The van der Waals surface area contributed by atoms with Crippen molar-refractivity contribution >= 4 is 5.91 Å². The number of hydrogen-bond donors (Lipinski definition) is 0. The Morgan fingerprint density at radius 2 is 2.06 bits per heavy atom. The number of rotatable bonds is 2. The number of benzene rings is 1. The first kappa shape index (κ1) is 10.8. The van der Waals surface area contributed by atoms with Crippen LogP contribution in [0.1, 0.15) is 18.4 Å². The van der Waals surface area contributed by atoms with Crippen molar-refractivity contribution in [2.75, 3.05) is 19.6 Å². The lowest BCUT2D eigenvalue weighted by atomic mass is 10.00. The van der Waals surface area contributed by atoms with Gasteiger partial charge in [0.15, 0.2) is 0 Å². The summed E-state index contributed by atoms with van der Waals surface area (Å²) in [5.41, 5.74) is 1.24. The largest absolute Gasteiger partial charge is 0.333 e. The number of nitrogens with zero attached hydrogens (tertiary/aromatic N) is 2. The van der Waals surface area contributed by atoms with Gasteiger partial charge in [-0.05, 0) is 24.9 Å². The quantitative estimate of drug-likeness (QED) is 0.768. The topological polar surface area (TPSA) is 23.6 Å². The van der Waals surface area contributed by atoms with Gasteiger partial charge in [0, 0.05) is 19.1 Å². The van der Waals surface area contributed by atoms with Crippen LogP contribution in [-0.2, 0) is 11.3 Å². The minimum Gasteiger partial charge on any atom is -0.333 e. The summed E-state index contributed by atoms with van der Waals surface area (Å²) in [7, 11) is 0. The van der Waals surface area contributed by atoms with Crippen molar-refractivity contribution in [3.63, 3.8) is 0 Å². The molecule has 0 spiro atoms. The fourth-order valence-corrected chi connectivity index (χ4v) is 2.91. The second-order valence-corrected chi connectivity index (χ2v) is 5.04. The van der Waals surface area contributed by atoms with Gasteiger partial charge in [-0.25, -0.2) is 0 Å². The zero-order valence-corrected chi connectivity index (χ0v) is 10.0. The number of hydrogen-bond acceptors (Lipinski definition) is 2. The van der Waals surface area contributed by atoms with Gasteiger partial charge in [-0.15, -0.1) is 0 Å². The molecule has 2 aliphatic rings. The number of fused-ring (bicyclic) bond motifs is 2. The minimum absolute atomic E-state index is 0.296. The maximum absolute atomic E-state index is 12.1. The molecule has 1 aromatic carbocycles. The maximum atomic E-state index is 12.1. The molecule has 2 aliphatic heterocycles. The van der Waals surface area contributed by atoms with Crippen LogP contribution in [0, 0.1) is 0 Å². The molecule has 3 heteroatoms. The Balaban J connectivity index is 1.75. The predicted molar refractivity (Wildman–Crippen MR) is 66.5 cm³/mol. The molecule has 2 heterocycles. The molecule has 2 bridgehead atoms. The molecule has 0 N–H and O–H groups in total. The van der Waals surface area contributed by atoms with Gasteiger partial charge < -0.3 is 4.90 Å². The zero-order chi connectivity index (χ0) is 11.7. The molecule has 0 aliphatic carbocycles. The molecule has 2 atom stereocenters. The molecule has 3 rings (SSSR count). The first-order valence-corrected chi connectivity index (χ1v) is 6.39. The van der Waals surface area contributed by atoms with Gasteiger partial charge in [-0.3, -0.25) is 9.69 Å². The van der Waals surface area contributed by atoms with E-state index in [0.717, 1.165) is 26.1 Å². The van der Waals surface area contributed by atoms with Crippen LogP contribution in [0.2, 0.25) is 0 Å². The first-order valence-electron chi connectivity index (χ1n) is 6.39. The maximum Gasteiger partial charge on any atom is 0.237 e. The van der Waals surface area contributed by atoms with Gasteiger partial charge in [0.05, 0.1) is 6.54 Å². The Kier molecular flexibility index (Phi) is 2.85. The summed E-state index contributed by atoms with van der Waals surface area (Å²) in [6.45, 7) is 3.56. The summed E-state index contributed by atoms with van der Waals surface area (Å²) in [5, 5.41) is 0. The van der Waals surface area contributed by atoms with E-state index in [-0.39, 0.29) is 0 Å². The van der Waals surface area contributed by atoms with Crippen LogP contribution in [0.15, 0.2) is 30.3 Å². The smallest absolute Gasteiger partial charge is 0.237 e. The Hall–Kier alpha value is -1.35. The summed E-state index contributed by atoms with van der Waals surface area (Å²) in [6.07, 6.45) is 2.39. The molecule has 2 fully saturated rings. The normalized spacial score (nSPS) is 28.2. The standard InChI is InChI=1S/C14H18N2O/c17-14-11-15-8-4-7-13(10-15)16(14)9-12-5-2-1-3-6-12/h1-3,5-6,13H,4,7-11H2. The van der Waals surface area contributed by atoms with Gasteiger partial charge in [-0.1, -0.05) is 30.3 Å². The van der Waals surface area contributed by atoms with E-state index in [2.05, 4.69) is 21.9 Å². The third-order valence-electron chi connectivity index (χ3n) is 3.80. The van der Waals surface area contributed by atoms with Crippen molar-refractivity contribution in [1.29, 1.82) is 0 Å². The molecule has 2 saturated heterocycles. The highest BCUT2D eigenvalue weighted by Gasteiger charge is 2.34. The van der Waals surface area contributed by atoms with E-state index in [9.17, 15) is 4.79 Å². The van der Waals surface area contributed by atoms with Gasteiger partial charge in [0.25, 0.3) is 0 Å². The Morgan fingerprint density at radius 1 is 1.24 bits per heavy atom. The van der Waals surface area contributed by atoms with Crippen LogP contribution in [-0.4, -0.2) is 41.4 Å². The average Bonchev–Trinajstić information content (AvgIpc) is 2.36. The van der Waals surface area contributed by atoms with Gasteiger partial charge in [-0.2, -0.15) is 0 Å². The summed E-state index contributed by atoms with van der Waals surface area (Å²) in [4.78, 5) is 16.5. The molecule has 3 nitrogen and oxygen atoms in total. The molecule has 0 radical (unpaired) electrons. The lowest BCUT2D eigenvalue weighted by Gasteiger charge is -2.44. The third-order valence-corrected chi connectivity index (χ3v) is 3.80. The molecular weight excluding hydrogens is 212 g/mol. The van der Waals surface area contributed by atoms with Gasteiger partial charge in [0.2, 0.25) is 5.91 Å². The number of amides is 1. The van der Waals surface area contributed by atoms with Crippen molar-refractivity contribution in [2.45, 2.75) is 25.4 Å². The number of carbonyl (C=O) groups excluding carboxylic acids is 1. The van der Waals surface area contributed by atoms with E-state index in [0.29, 0.717) is 18.5 Å². The molecule has 1 amide bonds. The molecule has 0 saturated carbocycles. The highest BCUT2D eigenvalue weighted by Crippen LogP contribution is 2.22. The van der Waals surface area contributed by atoms with Crippen LogP contribution in [0.25, 0.3) is 0 Å². The fraction of sp³-hybridized carbons (Fsp3) is 0.500. The van der Waals surface area contributed by atoms with Crippen LogP contribution in [0.5, 0.6) is 0 Å². The van der Waals surface area contributed by atoms with Crippen LogP contribution < -0.4 is 0 Å². The highest BCUT2D eigenvalue weighted by molar-refractivity contribution is 5.79. The summed E-state index contributed by atoms with van der Waals surface area (Å²) >= 11 is 0. The lowest BCUT2D eigenvalue weighted by molar-refractivity contribution is -0.142. The first-order chi connectivity index (χ1) is 8.33. The van der Waals surface area contributed by atoms with E-state index in [4.69, 9.17) is 0 Å². The molecule has 0 aromatic heterocycles. The van der Waals surface area contributed by atoms with Crippen molar-refractivity contribution in [1.82, 2.24) is 9.80 Å². The van der Waals surface area contributed by atoms with Crippen LogP contribution >= 0.6 is 0 Å². The third kappa shape index (κ3) is 2.20.